The Morgan fingerprint density at radius 3 is 0.871 bits per heavy atom. The Labute approximate surface area is 201 Å². The van der Waals surface area contributed by atoms with Gasteiger partial charge in [-0.3, -0.25) is 0 Å². The van der Waals surface area contributed by atoms with Gasteiger partial charge in [-0.05, 0) is 61.2 Å². The fraction of sp³-hybridized carbons (Fsp3) is 1.00. The molecule has 0 aromatic heterocycles. The van der Waals surface area contributed by atoms with Crippen molar-refractivity contribution in [2.45, 2.75) is 143 Å². The Balaban J connectivity index is -0.0000000913. The first-order valence-electron chi connectivity index (χ1n) is 13.3. The van der Waals surface area contributed by atoms with Crippen molar-refractivity contribution in [2.24, 2.45) is 41.4 Å². The standard InChI is InChI=1S/C7H16.C6H14O.C6H14.C5H12O.C5H12/c1-5-7(4)6(2)3;1-5(2)4-6(3)7;1-5(2)6(3)4;1-5(2)3-4-6;1-4-5(2)3/h6-7H,5H2,1-4H3;5-7H,4H2,1-3H3;5-6H,1-4H3;5-6H,3-4H2,1-2H3;5H,4H2,1-3H3. The van der Waals surface area contributed by atoms with Gasteiger partial charge in [-0.15, -0.1) is 0 Å². The summed E-state index contributed by atoms with van der Waals surface area (Å²) in [5, 5.41) is 17.0. The maximum atomic E-state index is 8.72. The van der Waals surface area contributed by atoms with Crippen LogP contribution >= 0.6 is 0 Å². The van der Waals surface area contributed by atoms with Crippen molar-refractivity contribution < 1.29 is 10.2 Å². The molecule has 0 amide bonds. The van der Waals surface area contributed by atoms with Crippen LogP contribution in [0.5, 0.6) is 0 Å². The third-order valence-corrected chi connectivity index (χ3v) is 5.45. The summed E-state index contributed by atoms with van der Waals surface area (Å²) in [6, 6.07) is 0. The van der Waals surface area contributed by atoms with Crippen molar-refractivity contribution >= 4 is 0 Å². The number of rotatable bonds is 8. The molecule has 0 rings (SSSR count). The topological polar surface area (TPSA) is 40.5 Å². The Bertz CT molecular complexity index is 266. The summed E-state index contributed by atoms with van der Waals surface area (Å²) in [6.07, 6.45) is 4.34. The van der Waals surface area contributed by atoms with E-state index in [9.17, 15) is 0 Å². The summed E-state index contributed by atoms with van der Waals surface area (Å²) >= 11 is 0. The fourth-order valence-corrected chi connectivity index (χ4v) is 1.41. The molecule has 0 aliphatic carbocycles. The smallest absolute Gasteiger partial charge is 0.0514 e. The molecule has 2 atom stereocenters. The highest BCUT2D eigenvalue weighted by atomic mass is 16.3. The molecule has 0 aromatic rings. The minimum absolute atomic E-state index is 0.125. The molecule has 0 fully saturated rings. The lowest BCUT2D eigenvalue weighted by molar-refractivity contribution is 0.168. The van der Waals surface area contributed by atoms with Crippen LogP contribution < -0.4 is 0 Å². The Kier molecular flexibility index (Phi) is 39.8. The zero-order chi connectivity index (χ0) is 26.2. The van der Waals surface area contributed by atoms with E-state index in [1.54, 1.807) is 0 Å². The molecule has 0 bridgehead atoms. The van der Waals surface area contributed by atoms with Crippen molar-refractivity contribution in [3.63, 3.8) is 0 Å². The molecular formula is C29H68O2. The van der Waals surface area contributed by atoms with E-state index in [1.807, 2.05) is 6.92 Å². The first-order valence-corrected chi connectivity index (χ1v) is 13.3. The van der Waals surface area contributed by atoms with Gasteiger partial charge in [-0.25, -0.2) is 0 Å². The van der Waals surface area contributed by atoms with Crippen LogP contribution in [0.2, 0.25) is 0 Å². The average molecular weight is 449 g/mol. The first-order chi connectivity index (χ1) is 14.0. The van der Waals surface area contributed by atoms with Gasteiger partial charge >= 0.3 is 0 Å². The average Bonchev–Trinajstić information content (AvgIpc) is 2.61. The lowest BCUT2D eigenvalue weighted by Gasteiger charge is -2.10. The molecule has 0 heterocycles. The Morgan fingerprint density at radius 1 is 0.516 bits per heavy atom. The molecule has 0 radical (unpaired) electrons. The van der Waals surface area contributed by atoms with Gasteiger partial charge in [0, 0.05) is 6.61 Å². The van der Waals surface area contributed by atoms with Crippen molar-refractivity contribution in [2.75, 3.05) is 6.61 Å². The zero-order valence-corrected chi connectivity index (χ0v) is 25.0. The normalized spacial score (nSPS) is 12.4. The molecule has 2 heteroatoms. The molecule has 196 valence electrons. The van der Waals surface area contributed by atoms with Crippen molar-refractivity contribution in [3.8, 4) is 0 Å². The van der Waals surface area contributed by atoms with Crippen LogP contribution in [0.1, 0.15) is 136 Å². The quantitative estimate of drug-likeness (QED) is 0.388. The molecule has 2 nitrogen and oxygen atoms in total. The highest BCUT2D eigenvalue weighted by Crippen LogP contribution is 2.11. The van der Waals surface area contributed by atoms with E-state index in [0.717, 1.165) is 42.4 Å². The van der Waals surface area contributed by atoms with Gasteiger partial charge in [0.05, 0.1) is 6.10 Å². The van der Waals surface area contributed by atoms with Crippen LogP contribution in [0.25, 0.3) is 0 Å². The van der Waals surface area contributed by atoms with Gasteiger partial charge in [-0.2, -0.15) is 0 Å². The second-order valence-electron chi connectivity index (χ2n) is 11.3. The number of aliphatic hydroxyl groups is 2. The first kappa shape index (κ1) is 41.2. The van der Waals surface area contributed by atoms with Crippen LogP contribution in [0.4, 0.5) is 0 Å². The van der Waals surface area contributed by atoms with Gasteiger partial charge in [-0.1, -0.05) is 117 Å². The predicted octanol–water partition coefficient (Wildman–Crippen LogP) is 9.48. The monoisotopic (exact) mass is 449 g/mol. The predicted molar refractivity (Wildman–Crippen MR) is 147 cm³/mol. The van der Waals surface area contributed by atoms with E-state index in [-0.39, 0.29) is 6.10 Å². The molecule has 0 saturated heterocycles. The van der Waals surface area contributed by atoms with Crippen molar-refractivity contribution in [1.29, 1.82) is 0 Å². The van der Waals surface area contributed by atoms with Crippen molar-refractivity contribution in [1.82, 2.24) is 0 Å². The van der Waals surface area contributed by atoms with E-state index in [1.165, 1.54) is 12.8 Å². The largest absolute Gasteiger partial charge is 0.396 e. The highest BCUT2D eigenvalue weighted by molar-refractivity contribution is 4.52. The fourth-order valence-electron chi connectivity index (χ4n) is 1.41. The molecule has 0 aliphatic heterocycles. The van der Waals surface area contributed by atoms with E-state index in [0.29, 0.717) is 18.4 Å². The SMILES string of the molecule is CC(C)C(C)C.CC(C)CC(C)O.CC(C)CCO.CCC(C)C.CCC(C)C(C)C. The summed E-state index contributed by atoms with van der Waals surface area (Å²) < 4.78 is 0. The third-order valence-electron chi connectivity index (χ3n) is 5.45. The van der Waals surface area contributed by atoms with Crippen LogP contribution in [0.3, 0.4) is 0 Å². The summed E-state index contributed by atoms with van der Waals surface area (Å²) in [4.78, 5) is 0. The summed E-state index contributed by atoms with van der Waals surface area (Å²) in [5.74, 6) is 5.63. The number of hydrogen-bond acceptors (Lipinski definition) is 2. The maximum Gasteiger partial charge on any atom is 0.0514 e. The van der Waals surface area contributed by atoms with E-state index in [2.05, 4.69) is 104 Å². The molecule has 31 heavy (non-hydrogen) atoms. The second kappa shape index (κ2) is 29.9. The molecular weight excluding hydrogens is 380 g/mol. The molecule has 0 spiro atoms. The van der Waals surface area contributed by atoms with Crippen LogP contribution in [-0.4, -0.2) is 22.9 Å². The summed E-state index contributed by atoms with van der Waals surface area (Å²) in [6.45, 7) is 35.2. The van der Waals surface area contributed by atoms with E-state index in [4.69, 9.17) is 10.2 Å². The van der Waals surface area contributed by atoms with E-state index < -0.39 is 0 Å². The molecule has 2 unspecified atom stereocenters. The lowest BCUT2D eigenvalue weighted by atomic mass is 9.96. The van der Waals surface area contributed by atoms with Crippen LogP contribution in [-0.2, 0) is 0 Å². The second-order valence-corrected chi connectivity index (χ2v) is 11.3. The van der Waals surface area contributed by atoms with Crippen LogP contribution in [0, 0.1) is 41.4 Å². The maximum absolute atomic E-state index is 8.72. The number of aliphatic hydroxyl groups excluding tert-OH is 2. The zero-order valence-electron chi connectivity index (χ0n) is 25.0. The van der Waals surface area contributed by atoms with E-state index >= 15 is 0 Å². The van der Waals surface area contributed by atoms with Gasteiger partial charge in [0.2, 0.25) is 0 Å². The summed E-state index contributed by atoms with van der Waals surface area (Å²) in [5.41, 5.74) is 0. The highest BCUT2D eigenvalue weighted by Gasteiger charge is 2.01. The molecule has 0 aliphatic rings. The molecule has 0 aromatic carbocycles. The summed E-state index contributed by atoms with van der Waals surface area (Å²) in [7, 11) is 0. The van der Waals surface area contributed by atoms with Crippen molar-refractivity contribution in [3.05, 3.63) is 0 Å². The molecule has 0 saturated carbocycles. The number of hydrogen-bond donors (Lipinski definition) is 2. The third kappa shape index (κ3) is 65.2. The Hall–Kier alpha value is -0.0800. The minimum atomic E-state index is -0.125. The Morgan fingerprint density at radius 2 is 0.871 bits per heavy atom. The van der Waals surface area contributed by atoms with Gasteiger partial charge in [0.25, 0.3) is 0 Å². The van der Waals surface area contributed by atoms with Crippen LogP contribution in [0.15, 0.2) is 0 Å². The lowest BCUT2D eigenvalue weighted by Crippen LogP contribution is -2.03. The van der Waals surface area contributed by atoms with Gasteiger partial charge in [0.15, 0.2) is 0 Å². The van der Waals surface area contributed by atoms with Gasteiger partial charge in [0.1, 0.15) is 0 Å². The molecule has 2 N–H and O–H groups in total. The minimum Gasteiger partial charge on any atom is -0.396 e. The van der Waals surface area contributed by atoms with Gasteiger partial charge < -0.3 is 10.2 Å².